The second-order valence-corrected chi connectivity index (χ2v) is 1.58. The van der Waals surface area contributed by atoms with E-state index < -0.39 is 0 Å². The molecule has 1 amide bonds. The summed E-state index contributed by atoms with van der Waals surface area (Å²) < 4.78 is 4.50. The first kappa shape index (κ1) is 8.61. The predicted molar refractivity (Wildman–Crippen MR) is 36.3 cm³/mol. The minimum absolute atomic E-state index is 0.0275. The minimum atomic E-state index is -0.139. The Kier molecular flexibility index (Phi) is 3.86. The van der Waals surface area contributed by atoms with Gasteiger partial charge in [-0.25, -0.2) is 0 Å². The van der Waals surface area contributed by atoms with Gasteiger partial charge >= 0.3 is 0 Å². The summed E-state index contributed by atoms with van der Waals surface area (Å²) in [5.74, 6) is -0.197. The minimum Gasteiger partial charge on any atom is -0.428 e. The third-order valence-electron chi connectivity index (χ3n) is 0.622. The van der Waals surface area contributed by atoms with Crippen molar-refractivity contribution < 1.29 is 9.53 Å². The molecule has 0 atom stereocenters. The lowest BCUT2D eigenvalue weighted by molar-refractivity contribution is -0.109. The molecular formula is C5H9N3O2. The molecule has 0 aliphatic heterocycles. The Morgan fingerprint density at radius 2 is 2.30 bits per heavy atom. The molecule has 0 aromatic carbocycles. The van der Waals surface area contributed by atoms with Crippen molar-refractivity contribution in [2.75, 3.05) is 6.54 Å². The van der Waals surface area contributed by atoms with Crippen LogP contribution in [0.15, 0.2) is 0 Å². The average molecular weight is 143 g/mol. The molecule has 10 heavy (non-hydrogen) atoms. The number of carbonyl (C=O) groups is 1. The van der Waals surface area contributed by atoms with Crippen LogP contribution in [-0.2, 0) is 9.53 Å². The topological polar surface area (TPSA) is 86.0 Å². The highest BCUT2D eigenvalue weighted by atomic mass is 16.5. The number of ether oxygens (including phenoxy) is 1. The van der Waals surface area contributed by atoms with Crippen LogP contribution in [0.1, 0.15) is 6.92 Å². The second kappa shape index (κ2) is 4.49. The first-order valence-corrected chi connectivity index (χ1v) is 2.64. The summed E-state index contributed by atoms with van der Waals surface area (Å²) in [6.45, 7) is 1.44. The lowest BCUT2D eigenvalue weighted by Crippen LogP contribution is -2.23. The molecule has 0 radical (unpaired) electrons. The van der Waals surface area contributed by atoms with E-state index >= 15 is 0 Å². The zero-order valence-electron chi connectivity index (χ0n) is 5.60. The van der Waals surface area contributed by atoms with Crippen LogP contribution >= 0.6 is 0 Å². The molecule has 56 valence electrons. The van der Waals surface area contributed by atoms with Crippen molar-refractivity contribution in [3.05, 3.63) is 0 Å². The van der Waals surface area contributed by atoms with Crippen LogP contribution in [0.5, 0.6) is 0 Å². The van der Waals surface area contributed by atoms with Gasteiger partial charge in [0.1, 0.15) is 0 Å². The van der Waals surface area contributed by atoms with Gasteiger partial charge in [0.2, 0.25) is 12.3 Å². The maximum atomic E-state index is 9.68. The second-order valence-electron chi connectivity index (χ2n) is 1.58. The summed E-state index contributed by atoms with van der Waals surface area (Å²) in [5.41, 5.74) is 0. The van der Waals surface area contributed by atoms with Crippen LogP contribution in [0.4, 0.5) is 0 Å². The summed E-state index contributed by atoms with van der Waals surface area (Å²) in [6, 6.07) is 0. The maximum absolute atomic E-state index is 9.68. The molecule has 0 spiro atoms. The summed E-state index contributed by atoms with van der Waals surface area (Å²) in [6.07, 6.45) is 0.469. The van der Waals surface area contributed by atoms with Crippen molar-refractivity contribution in [2.45, 2.75) is 6.92 Å². The van der Waals surface area contributed by atoms with Gasteiger partial charge in [0, 0.05) is 6.92 Å². The van der Waals surface area contributed by atoms with Crippen LogP contribution in [0.2, 0.25) is 0 Å². The van der Waals surface area contributed by atoms with Crippen molar-refractivity contribution in [1.29, 1.82) is 10.8 Å². The fourth-order valence-electron chi connectivity index (χ4n) is 0.355. The van der Waals surface area contributed by atoms with Crippen LogP contribution in [0, 0.1) is 10.8 Å². The maximum Gasteiger partial charge on any atom is 0.208 e. The number of rotatable bonds is 3. The fraction of sp³-hybridized carbons (Fsp3) is 0.400. The van der Waals surface area contributed by atoms with Crippen LogP contribution in [0.25, 0.3) is 0 Å². The van der Waals surface area contributed by atoms with Gasteiger partial charge in [0.15, 0.2) is 5.90 Å². The highest BCUT2D eigenvalue weighted by Crippen LogP contribution is 1.77. The van der Waals surface area contributed by atoms with E-state index in [1.54, 1.807) is 0 Å². The third-order valence-corrected chi connectivity index (χ3v) is 0.622. The Morgan fingerprint density at radius 1 is 1.70 bits per heavy atom. The first-order valence-electron chi connectivity index (χ1n) is 2.64. The van der Waals surface area contributed by atoms with Gasteiger partial charge in [-0.2, -0.15) is 0 Å². The average Bonchev–Trinajstić information content (AvgIpc) is 1.82. The molecule has 0 heterocycles. The van der Waals surface area contributed by atoms with Gasteiger partial charge < -0.3 is 10.1 Å². The summed E-state index contributed by atoms with van der Waals surface area (Å²) in [7, 11) is 0. The Balaban J connectivity index is 3.43. The largest absolute Gasteiger partial charge is 0.428 e. The van der Waals surface area contributed by atoms with E-state index in [9.17, 15) is 4.79 Å². The molecule has 0 unspecified atom stereocenters. The van der Waals surface area contributed by atoms with Crippen molar-refractivity contribution in [3.8, 4) is 0 Å². The van der Waals surface area contributed by atoms with Crippen molar-refractivity contribution >= 4 is 18.2 Å². The van der Waals surface area contributed by atoms with Gasteiger partial charge in [-0.05, 0) is 0 Å². The van der Waals surface area contributed by atoms with Gasteiger partial charge in [0.05, 0.1) is 6.54 Å². The molecule has 0 aromatic rings. The summed E-state index contributed by atoms with van der Waals surface area (Å²) in [4.78, 5) is 9.68. The molecule has 0 fully saturated rings. The van der Waals surface area contributed by atoms with Crippen LogP contribution in [0.3, 0.4) is 0 Å². The van der Waals surface area contributed by atoms with E-state index in [1.165, 1.54) is 6.92 Å². The molecule has 5 heteroatoms. The lowest BCUT2D eigenvalue weighted by atomic mass is 10.6. The van der Waals surface area contributed by atoms with Gasteiger partial charge in [-0.15, -0.1) is 0 Å². The van der Waals surface area contributed by atoms with E-state index in [0.717, 1.165) is 0 Å². The zero-order chi connectivity index (χ0) is 7.98. The van der Waals surface area contributed by atoms with Crippen molar-refractivity contribution in [1.82, 2.24) is 5.32 Å². The fourth-order valence-corrected chi connectivity index (χ4v) is 0.355. The molecule has 3 N–H and O–H groups in total. The highest BCUT2D eigenvalue weighted by molar-refractivity contribution is 5.88. The molecule has 0 aliphatic carbocycles. The SMILES string of the molecule is CC(=N)OC(=N)CNC=O. The Hall–Kier alpha value is -1.39. The van der Waals surface area contributed by atoms with Gasteiger partial charge in [-0.1, -0.05) is 0 Å². The Morgan fingerprint density at radius 3 is 2.70 bits per heavy atom. The van der Waals surface area contributed by atoms with Crippen molar-refractivity contribution in [3.63, 3.8) is 0 Å². The molecule has 0 rings (SSSR count). The number of hydrogen-bond donors (Lipinski definition) is 3. The van der Waals surface area contributed by atoms with Gasteiger partial charge in [-0.3, -0.25) is 15.6 Å². The molecule has 0 bridgehead atoms. The highest BCUT2D eigenvalue weighted by Gasteiger charge is 1.95. The monoisotopic (exact) mass is 143 g/mol. The normalized spacial score (nSPS) is 8.10. The molecule has 0 saturated heterocycles. The van der Waals surface area contributed by atoms with Crippen LogP contribution in [-0.4, -0.2) is 24.8 Å². The van der Waals surface area contributed by atoms with E-state index in [-0.39, 0.29) is 18.3 Å². The van der Waals surface area contributed by atoms with Crippen LogP contribution < -0.4 is 5.32 Å². The molecular weight excluding hydrogens is 134 g/mol. The molecule has 0 aromatic heterocycles. The first-order chi connectivity index (χ1) is 4.66. The van der Waals surface area contributed by atoms with E-state index in [2.05, 4.69) is 10.1 Å². The quantitative estimate of drug-likeness (QED) is 0.288. The third kappa shape index (κ3) is 4.76. The number of hydrogen-bond acceptors (Lipinski definition) is 4. The number of nitrogens with one attached hydrogen (secondary N) is 3. The summed E-state index contributed by atoms with van der Waals surface area (Å²) >= 11 is 0. The molecule has 5 nitrogen and oxygen atoms in total. The smallest absolute Gasteiger partial charge is 0.208 e. The number of carbonyl (C=O) groups excluding carboxylic acids is 1. The zero-order valence-corrected chi connectivity index (χ0v) is 5.60. The molecule has 0 aliphatic rings. The summed E-state index contributed by atoms with van der Waals surface area (Å²) in [5, 5.41) is 15.9. The van der Waals surface area contributed by atoms with E-state index in [4.69, 9.17) is 10.8 Å². The lowest BCUT2D eigenvalue weighted by Gasteiger charge is -2.01. The Labute approximate surface area is 58.4 Å². The number of amides is 1. The van der Waals surface area contributed by atoms with E-state index in [1.807, 2.05) is 0 Å². The Bertz CT molecular complexity index is 155. The van der Waals surface area contributed by atoms with E-state index in [0.29, 0.717) is 6.41 Å². The van der Waals surface area contributed by atoms with Gasteiger partial charge in [0.25, 0.3) is 0 Å². The predicted octanol–water partition coefficient (Wildman–Crippen LogP) is -0.277. The standard InChI is InChI=1S/C5H9N3O2/c1-4(6)10-5(7)2-8-3-9/h3,6-7H,2H2,1H3,(H,8,9). The molecule has 0 saturated carbocycles. The van der Waals surface area contributed by atoms with Crippen molar-refractivity contribution in [2.24, 2.45) is 0 Å².